The molecule has 0 saturated heterocycles. The van der Waals surface area contributed by atoms with Crippen LogP contribution in [0.1, 0.15) is 49.4 Å². The molecule has 114 valence electrons. The molecule has 2 rings (SSSR count). The summed E-state index contributed by atoms with van der Waals surface area (Å²) in [5.74, 6) is 0. The zero-order valence-corrected chi connectivity index (χ0v) is 13.8. The lowest BCUT2D eigenvalue weighted by Gasteiger charge is -2.18. The Hall–Kier alpha value is -1.32. The van der Waals surface area contributed by atoms with Crippen LogP contribution in [0.15, 0.2) is 30.6 Å². The maximum Gasteiger partial charge on any atom is 0.0608 e. The lowest BCUT2D eigenvalue weighted by atomic mass is 10.00. The predicted molar refractivity (Wildman–Crippen MR) is 88.8 cm³/mol. The van der Waals surface area contributed by atoms with Gasteiger partial charge in [-0.2, -0.15) is 5.10 Å². The summed E-state index contributed by atoms with van der Waals surface area (Å²) in [5, 5.41) is 8.85. The molecule has 1 unspecified atom stereocenters. The lowest BCUT2D eigenvalue weighted by molar-refractivity contribution is 0.588. The highest BCUT2D eigenvalue weighted by atomic mass is 35.5. The second-order valence-electron chi connectivity index (χ2n) is 5.43. The van der Waals surface area contributed by atoms with E-state index in [0.29, 0.717) is 0 Å². The normalized spacial score (nSPS) is 12.6. The van der Waals surface area contributed by atoms with Crippen LogP contribution in [-0.4, -0.2) is 16.3 Å². The van der Waals surface area contributed by atoms with Gasteiger partial charge in [0.25, 0.3) is 0 Å². The molecule has 1 N–H and O–H groups in total. The van der Waals surface area contributed by atoms with Crippen LogP contribution in [0.5, 0.6) is 0 Å². The molecule has 3 nitrogen and oxygen atoms in total. The van der Waals surface area contributed by atoms with Gasteiger partial charge in [-0.3, -0.25) is 4.68 Å². The van der Waals surface area contributed by atoms with Gasteiger partial charge >= 0.3 is 0 Å². The molecule has 0 radical (unpaired) electrons. The highest BCUT2D eigenvalue weighted by Crippen LogP contribution is 2.26. The van der Waals surface area contributed by atoms with Gasteiger partial charge in [-0.1, -0.05) is 37.6 Å². The summed E-state index contributed by atoms with van der Waals surface area (Å²) in [7, 11) is 0. The Morgan fingerprint density at radius 2 is 2.05 bits per heavy atom. The maximum absolute atomic E-state index is 6.29. The molecule has 2 aromatic rings. The van der Waals surface area contributed by atoms with Crippen LogP contribution in [0.4, 0.5) is 0 Å². The van der Waals surface area contributed by atoms with E-state index in [9.17, 15) is 0 Å². The van der Waals surface area contributed by atoms with Gasteiger partial charge in [0.2, 0.25) is 0 Å². The Morgan fingerprint density at radius 1 is 1.24 bits per heavy atom. The van der Waals surface area contributed by atoms with Crippen molar-refractivity contribution >= 4 is 11.6 Å². The molecule has 4 heteroatoms. The molecule has 0 aliphatic heterocycles. The largest absolute Gasteiger partial charge is 0.306 e. The van der Waals surface area contributed by atoms with E-state index < -0.39 is 0 Å². The SMILES string of the molecule is CCCNC(c1ccc(C)c(Cl)c1)c1cnn(CCC)c1. The van der Waals surface area contributed by atoms with E-state index in [1.54, 1.807) is 0 Å². The average molecular weight is 306 g/mol. The highest BCUT2D eigenvalue weighted by Gasteiger charge is 2.16. The molecule has 0 fully saturated rings. The minimum Gasteiger partial charge on any atom is -0.306 e. The molecule has 21 heavy (non-hydrogen) atoms. The first-order valence-electron chi connectivity index (χ1n) is 7.67. The second kappa shape index (κ2) is 7.62. The summed E-state index contributed by atoms with van der Waals surface area (Å²) in [6.45, 7) is 8.28. The first-order valence-corrected chi connectivity index (χ1v) is 8.05. The van der Waals surface area contributed by atoms with Crippen molar-refractivity contribution in [1.82, 2.24) is 15.1 Å². The van der Waals surface area contributed by atoms with Crippen molar-refractivity contribution < 1.29 is 0 Å². The van der Waals surface area contributed by atoms with Gasteiger partial charge in [0.05, 0.1) is 12.2 Å². The molecule has 0 aliphatic rings. The van der Waals surface area contributed by atoms with E-state index in [0.717, 1.165) is 36.5 Å². The van der Waals surface area contributed by atoms with E-state index in [4.69, 9.17) is 11.6 Å². The summed E-state index contributed by atoms with van der Waals surface area (Å²) in [6, 6.07) is 6.43. The second-order valence-corrected chi connectivity index (χ2v) is 5.84. The first-order chi connectivity index (χ1) is 10.2. The van der Waals surface area contributed by atoms with Crippen LogP contribution in [0.3, 0.4) is 0 Å². The van der Waals surface area contributed by atoms with Crippen LogP contribution in [0.2, 0.25) is 5.02 Å². The van der Waals surface area contributed by atoms with Crippen LogP contribution >= 0.6 is 11.6 Å². The zero-order chi connectivity index (χ0) is 15.2. The van der Waals surface area contributed by atoms with Crippen LogP contribution in [0.25, 0.3) is 0 Å². The fourth-order valence-electron chi connectivity index (χ4n) is 2.39. The van der Waals surface area contributed by atoms with Gasteiger partial charge in [-0.15, -0.1) is 0 Å². The standard InChI is InChI=1S/C17H24ClN3/c1-4-8-19-17(14-7-6-13(3)16(18)10-14)15-11-20-21(12-15)9-5-2/h6-7,10-12,17,19H,4-5,8-9H2,1-3H3. The van der Waals surface area contributed by atoms with Crippen molar-refractivity contribution in [1.29, 1.82) is 0 Å². The third-order valence-corrected chi connectivity index (χ3v) is 3.97. The number of nitrogens with one attached hydrogen (secondary N) is 1. The molecule has 1 aromatic heterocycles. The number of hydrogen-bond acceptors (Lipinski definition) is 2. The van der Waals surface area contributed by atoms with Crippen molar-refractivity contribution in [3.63, 3.8) is 0 Å². The minimum atomic E-state index is 0.147. The van der Waals surface area contributed by atoms with Gasteiger partial charge in [0.1, 0.15) is 0 Å². The zero-order valence-electron chi connectivity index (χ0n) is 13.1. The van der Waals surface area contributed by atoms with Crippen LogP contribution < -0.4 is 5.32 Å². The number of benzene rings is 1. The Morgan fingerprint density at radius 3 is 2.71 bits per heavy atom. The Kier molecular flexibility index (Phi) is 5.83. The van der Waals surface area contributed by atoms with Gasteiger partial charge in [-0.25, -0.2) is 0 Å². The molecule has 1 heterocycles. The van der Waals surface area contributed by atoms with Crippen molar-refractivity contribution in [2.24, 2.45) is 0 Å². The third kappa shape index (κ3) is 4.08. The number of nitrogens with zero attached hydrogens (tertiary/aromatic N) is 2. The number of halogens is 1. The van der Waals surface area contributed by atoms with E-state index in [1.165, 1.54) is 11.1 Å². The molecule has 0 aliphatic carbocycles. The molecule has 0 bridgehead atoms. The van der Waals surface area contributed by atoms with Gasteiger partial charge in [0, 0.05) is 23.3 Å². The summed E-state index contributed by atoms with van der Waals surface area (Å²) >= 11 is 6.29. The number of rotatable bonds is 7. The smallest absolute Gasteiger partial charge is 0.0608 e. The van der Waals surface area contributed by atoms with E-state index in [1.807, 2.05) is 17.8 Å². The molecular weight excluding hydrogens is 282 g/mol. The predicted octanol–water partition coefficient (Wildman–Crippen LogP) is 4.34. The van der Waals surface area contributed by atoms with Gasteiger partial charge < -0.3 is 5.32 Å². The van der Waals surface area contributed by atoms with Crippen LogP contribution in [-0.2, 0) is 6.54 Å². The monoisotopic (exact) mass is 305 g/mol. The summed E-state index contributed by atoms with van der Waals surface area (Å²) in [4.78, 5) is 0. The third-order valence-electron chi connectivity index (χ3n) is 3.57. The fourth-order valence-corrected chi connectivity index (χ4v) is 2.57. The quantitative estimate of drug-likeness (QED) is 0.824. The topological polar surface area (TPSA) is 29.9 Å². The molecule has 0 spiro atoms. The van der Waals surface area contributed by atoms with Crippen molar-refractivity contribution in [2.45, 2.75) is 46.2 Å². The summed E-state index contributed by atoms with van der Waals surface area (Å²) < 4.78 is 2.01. The Labute approximate surface area is 132 Å². The highest BCUT2D eigenvalue weighted by molar-refractivity contribution is 6.31. The summed E-state index contributed by atoms with van der Waals surface area (Å²) in [6.07, 6.45) is 6.27. The number of aryl methyl sites for hydroxylation is 2. The van der Waals surface area contributed by atoms with Crippen molar-refractivity contribution in [2.75, 3.05) is 6.54 Å². The molecule has 1 atom stereocenters. The van der Waals surface area contributed by atoms with Gasteiger partial charge in [-0.05, 0) is 43.5 Å². The first kappa shape index (κ1) is 16.1. The van der Waals surface area contributed by atoms with E-state index >= 15 is 0 Å². The fraction of sp³-hybridized carbons (Fsp3) is 0.471. The lowest BCUT2D eigenvalue weighted by Crippen LogP contribution is -2.23. The average Bonchev–Trinajstić information content (AvgIpc) is 2.92. The van der Waals surface area contributed by atoms with E-state index in [2.05, 4.69) is 48.7 Å². The Balaban J connectivity index is 2.29. The van der Waals surface area contributed by atoms with E-state index in [-0.39, 0.29) is 6.04 Å². The molecule has 1 aromatic carbocycles. The minimum absolute atomic E-state index is 0.147. The van der Waals surface area contributed by atoms with Crippen LogP contribution in [0, 0.1) is 6.92 Å². The maximum atomic E-state index is 6.29. The van der Waals surface area contributed by atoms with Gasteiger partial charge in [0.15, 0.2) is 0 Å². The van der Waals surface area contributed by atoms with Crippen molar-refractivity contribution in [3.05, 3.63) is 52.3 Å². The number of aromatic nitrogens is 2. The molecule has 0 saturated carbocycles. The molecular formula is C17H24ClN3. The number of hydrogen-bond donors (Lipinski definition) is 1. The summed E-state index contributed by atoms with van der Waals surface area (Å²) in [5.41, 5.74) is 3.49. The Bertz CT molecular complexity index is 577. The van der Waals surface area contributed by atoms with Crippen molar-refractivity contribution in [3.8, 4) is 0 Å². The molecule has 0 amide bonds.